The first kappa shape index (κ1) is 57.2. The SMILES string of the molecule is C=CCOC(=O)c1ccc(NC(=O)c2ccc(NC(=O)c3ccc(NC(=O)[C@H](CC(=O)NC(c4ccccc4)(c4ccccc4)c4ccccc4)NC(=O)OCC4c5ccccc5-c5ccccc54)cc3)c(OC(C)C)c2OCC=C)cc1. The lowest BCUT2D eigenvalue weighted by Crippen LogP contribution is -2.52. The van der Waals surface area contributed by atoms with Crippen LogP contribution < -0.4 is 36.1 Å². The zero-order valence-corrected chi connectivity index (χ0v) is 45.8. The lowest BCUT2D eigenvalue weighted by Gasteiger charge is -2.37. The monoisotopic (exact) mass is 1110 g/mol. The van der Waals surface area contributed by atoms with E-state index in [4.69, 9.17) is 18.9 Å². The minimum atomic E-state index is -1.46. The zero-order chi connectivity index (χ0) is 58.3. The lowest BCUT2D eigenvalue weighted by molar-refractivity contribution is -0.126. The second kappa shape index (κ2) is 26.6. The van der Waals surface area contributed by atoms with Gasteiger partial charge in [0.25, 0.3) is 11.8 Å². The zero-order valence-electron chi connectivity index (χ0n) is 45.8. The van der Waals surface area contributed by atoms with Gasteiger partial charge >= 0.3 is 12.1 Å². The molecule has 1 aliphatic rings. The number of carbonyl (C=O) groups is 6. The number of nitrogens with one attached hydrogen (secondary N) is 5. The first-order valence-corrected chi connectivity index (χ1v) is 26.9. The number of fused-ring (bicyclic) bond motifs is 3. The van der Waals surface area contributed by atoms with E-state index in [0.717, 1.165) is 38.9 Å². The minimum absolute atomic E-state index is 0.0105. The number of anilines is 3. The van der Waals surface area contributed by atoms with Crippen molar-refractivity contribution >= 4 is 52.8 Å². The third kappa shape index (κ3) is 13.4. The van der Waals surface area contributed by atoms with Gasteiger partial charge in [0.05, 0.1) is 29.3 Å². The molecule has 0 aliphatic heterocycles. The molecule has 15 heteroatoms. The predicted molar refractivity (Wildman–Crippen MR) is 320 cm³/mol. The summed E-state index contributed by atoms with van der Waals surface area (Å²) in [6, 6.07) is 58.1. The Kier molecular flexibility index (Phi) is 18.3. The average Bonchev–Trinajstić information content (AvgIpc) is 3.41. The second-order valence-corrected chi connectivity index (χ2v) is 19.6. The second-order valence-electron chi connectivity index (χ2n) is 19.6. The van der Waals surface area contributed by atoms with E-state index in [1.807, 2.05) is 140 Å². The Labute approximate surface area is 481 Å². The average molecular weight is 1110 g/mol. The number of hydrogen-bond acceptors (Lipinski definition) is 10. The van der Waals surface area contributed by atoms with E-state index in [1.165, 1.54) is 60.7 Å². The highest BCUT2D eigenvalue weighted by molar-refractivity contribution is 6.10. The molecular formula is C68H61N5O10. The van der Waals surface area contributed by atoms with Crippen LogP contribution in [-0.4, -0.2) is 67.7 Å². The maximum absolute atomic E-state index is 14.8. The van der Waals surface area contributed by atoms with Gasteiger partial charge in [0.15, 0.2) is 11.5 Å². The van der Waals surface area contributed by atoms with Gasteiger partial charge in [0.1, 0.15) is 31.4 Å². The van der Waals surface area contributed by atoms with Gasteiger partial charge in [-0.15, -0.1) is 0 Å². The summed E-state index contributed by atoms with van der Waals surface area (Å²) < 4.78 is 23.2. The maximum atomic E-state index is 14.8. The highest BCUT2D eigenvalue weighted by atomic mass is 16.6. The molecule has 0 radical (unpaired) electrons. The molecule has 418 valence electrons. The van der Waals surface area contributed by atoms with Crippen LogP contribution in [0.5, 0.6) is 11.5 Å². The van der Waals surface area contributed by atoms with Crippen molar-refractivity contribution in [2.24, 2.45) is 0 Å². The van der Waals surface area contributed by atoms with E-state index >= 15 is 0 Å². The molecule has 8 aromatic carbocycles. The number of rotatable bonds is 23. The first-order valence-electron chi connectivity index (χ1n) is 26.9. The molecule has 0 unspecified atom stereocenters. The van der Waals surface area contributed by atoms with Crippen molar-refractivity contribution in [3.8, 4) is 22.6 Å². The third-order valence-electron chi connectivity index (χ3n) is 13.7. The number of ether oxygens (including phenoxy) is 4. The van der Waals surface area contributed by atoms with Crippen LogP contribution in [-0.2, 0) is 24.6 Å². The maximum Gasteiger partial charge on any atom is 0.407 e. The van der Waals surface area contributed by atoms with E-state index in [2.05, 4.69) is 39.7 Å². The third-order valence-corrected chi connectivity index (χ3v) is 13.7. The van der Waals surface area contributed by atoms with E-state index in [-0.39, 0.29) is 65.3 Å². The van der Waals surface area contributed by atoms with Gasteiger partial charge in [-0.25, -0.2) is 9.59 Å². The molecule has 0 saturated heterocycles. The topological polar surface area (TPSA) is 199 Å². The largest absolute Gasteiger partial charge is 0.485 e. The van der Waals surface area contributed by atoms with E-state index < -0.39 is 59.8 Å². The molecule has 0 fully saturated rings. The lowest BCUT2D eigenvalue weighted by atomic mass is 9.77. The van der Waals surface area contributed by atoms with Crippen LogP contribution in [0.3, 0.4) is 0 Å². The summed E-state index contributed by atoms with van der Waals surface area (Å²) in [5.74, 6) is -3.12. The Morgan fingerprint density at radius 3 is 1.60 bits per heavy atom. The van der Waals surface area contributed by atoms with Crippen LogP contribution in [0.2, 0.25) is 0 Å². The predicted octanol–water partition coefficient (Wildman–Crippen LogP) is 12.2. The summed E-state index contributed by atoms with van der Waals surface area (Å²) in [6.45, 7) is 10.9. The van der Waals surface area contributed by atoms with Crippen LogP contribution in [0.1, 0.15) is 85.1 Å². The molecule has 5 N–H and O–H groups in total. The van der Waals surface area contributed by atoms with Crippen LogP contribution >= 0.6 is 0 Å². The Morgan fingerprint density at radius 2 is 1.06 bits per heavy atom. The number of benzene rings is 8. The van der Waals surface area contributed by atoms with Crippen molar-refractivity contribution in [2.45, 2.75) is 43.9 Å². The number of amides is 5. The van der Waals surface area contributed by atoms with E-state index in [9.17, 15) is 28.8 Å². The highest BCUT2D eigenvalue weighted by Gasteiger charge is 2.39. The van der Waals surface area contributed by atoms with Crippen LogP contribution in [0.25, 0.3) is 11.1 Å². The van der Waals surface area contributed by atoms with Gasteiger partial charge in [0, 0.05) is 22.9 Å². The van der Waals surface area contributed by atoms with Crippen molar-refractivity contribution in [1.82, 2.24) is 10.6 Å². The number of carbonyl (C=O) groups excluding carboxylic acids is 6. The molecule has 83 heavy (non-hydrogen) atoms. The molecule has 1 atom stereocenters. The quantitative estimate of drug-likeness (QED) is 0.0233. The Morgan fingerprint density at radius 1 is 0.542 bits per heavy atom. The normalized spacial score (nSPS) is 11.8. The van der Waals surface area contributed by atoms with E-state index in [0.29, 0.717) is 5.69 Å². The molecule has 0 heterocycles. The Hall–Kier alpha value is -10.5. The molecule has 8 aromatic rings. The van der Waals surface area contributed by atoms with Gasteiger partial charge in [-0.05, 0) is 113 Å². The Balaban J connectivity index is 0.948. The fourth-order valence-corrected chi connectivity index (χ4v) is 9.93. The van der Waals surface area contributed by atoms with Gasteiger partial charge in [-0.3, -0.25) is 19.2 Å². The number of esters is 1. The van der Waals surface area contributed by atoms with Gasteiger partial charge in [0.2, 0.25) is 11.8 Å². The molecule has 15 nitrogen and oxygen atoms in total. The fraction of sp³-hybridized carbons (Fsp3) is 0.147. The van der Waals surface area contributed by atoms with Gasteiger partial charge in [-0.2, -0.15) is 0 Å². The van der Waals surface area contributed by atoms with Crippen LogP contribution in [0, 0.1) is 0 Å². The Bertz CT molecular complexity index is 3510. The molecular weight excluding hydrogens is 1050 g/mol. The smallest absolute Gasteiger partial charge is 0.407 e. The summed E-state index contributed by atoms with van der Waals surface area (Å²) in [4.78, 5) is 83.5. The molecule has 9 rings (SSSR count). The van der Waals surface area contributed by atoms with Gasteiger partial charge < -0.3 is 45.5 Å². The highest BCUT2D eigenvalue weighted by Crippen LogP contribution is 2.45. The molecule has 0 spiro atoms. The van der Waals surface area contributed by atoms with Crippen molar-refractivity contribution < 1.29 is 47.7 Å². The summed E-state index contributed by atoms with van der Waals surface area (Å²) in [5.41, 5.74) is 6.53. The van der Waals surface area contributed by atoms with Gasteiger partial charge in [-0.1, -0.05) is 165 Å². The summed E-state index contributed by atoms with van der Waals surface area (Å²) >= 11 is 0. The molecule has 5 amide bonds. The summed E-state index contributed by atoms with van der Waals surface area (Å²) in [5, 5.41) is 14.5. The van der Waals surface area contributed by atoms with Crippen molar-refractivity contribution in [3.05, 3.63) is 270 Å². The van der Waals surface area contributed by atoms with Crippen molar-refractivity contribution in [2.75, 3.05) is 35.8 Å². The van der Waals surface area contributed by atoms with Crippen LogP contribution in [0.15, 0.2) is 226 Å². The summed E-state index contributed by atoms with van der Waals surface area (Å²) in [6.07, 6.45) is 1.11. The number of hydrogen-bond donors (Lipinski definition) is 5. The fourth-order valence-electron chi connectivity index (χ4n) is 9.93. The van der Waals surface area contributed by atoms with Crippen molar-refractivity contribution in [1.29, 1.82) is 0 Å². The molecule has 0 bridgehead atoms. The molecule has 0 saturated carbocycles. The molecule has 1 aliphatic carbocycles. The summed E-state index contributed by atoms with van der Waals surface area (Å²) in [7, 11) is 0. The van der Waals surface area contributed by atoms with E-state index in [1.54, 1.807) is 26.0 Å². The molecule has 0 aromatic heterocycles. The minimum Gasteiger partial charge on any atom is -0.485 e. The standard InChI is InChI=1S/C68H61N5O10/c1-5-40-80-61-56(64(76)69-50-36-32-46(33-37-50)66(78)81-41-6-2)38-39-58(62(61)83-44(3)4)71-63(75)45-30-34-51(35-31-45)70-65(77)59(72-67(79)82-43-57-54-28-18-16-26-52(54)53-27-17-19-29-55(53)57)42-60(74)73-68(47-20-10-7-11-21-47,48-22-12-8-13-23-48)49-24-14-9-15-25-49/h5-39,44,57,59H,1-2,40-43H2,3-4H3,(H,69,76)(H,70,77)(H,71,75)(H,72,79)(H,73,74)/t59-/m0/s1. The van der Waals surface area contributed by atoms with Crippen LogP contribution in [0.4, 0.5) is 21.9 Å². The first-order chi connectivity index (χ1) is 40.4. The van der Waals surface area contributed by atoms with Crippen molar-refractivity contribution in [3.63, 3.8) is 0 Å². The number of alkyl carbamates (subject to hydrolysis) is 1.